The van der Waals surface area contributed by atoms with Gasteiger partial charge in [-0.05, 0) is 24.3 Å². The molecule has 0 saturated heterocycles. The van der Waals surface area contributed by atoms with E-state index in [2.05, 4.69) is 20.6 Å². The standard InChI is InChI=1S/C22H29N5O6/c1-16(28)20-14-17-13-18(3-4-19(17)24-20)23-22(29)21-15-27(26-25-21)5-6-31-9-10-33-12-11-32-8-7-30-2/h3-4,13-15,24H,5-12H2,1-2H3,(H,23,29). The number of ether oxygens (including phenoxy) is 4. The number of H-pyrrole nitrogens is 1. The number of hydrogen-bond acceptors (Lipinski definition) is 8. The van der Waals surface area contributed by atoms with Crippen molar-refractivity contribution < 1.29 is 28.5 Å². The number of amides is 1. The first-order valence-corrected chi connectivity index (χ1v) is 10.6. The Kier molecular flexibility index (Phi) is 9.51. The maximum absolute atomic E-state index is 12.5. The highest BCUT2D eigenvalue weighted by Gasteiger charge is 2.12. The maximum Gasteiger partial charge on any atom is 0.277 e. The Morgan fingerprint density at radius 3 is 2.39 bits per heavy atom. The van der Waals surface area contributed by atoms with E-state index in [1.165, 1.54) is 6.92 Å². The Morgan fingerprint density at radius 2 is 1.70 bits per heavy atom. The van der Waals surface area contributed by atoms with E-state index in [9.17, 15) is 9.59 Å². The Hall–Kier alpha value is -3.12. The van der Waals surface area contributed by atoms with Crippen molar-refractivity contribution in [3.8, 4) is 0 Å². The van der Waals surface area contributed by atoms with E-state index in [1.807, 2.05) is 6.07 Å². The number of nitrogens with zero attached hydrogens (tertiary/aromatic N) is 3. The molecule has 0 atom stereocenters. The quantitative estimate of drug-likeness (QED) is 0.260. The van der Waals surface area contributed by atoms with Gasteiger partial charge in [0.05, 0.1) is 64.7 Å². The topological polar surface area (TPSA) is 130 Å². The minimum absolute atomic E-state index is 0.0479. The second-order valence-corrected chi connectivity index (χ2v) is 7.19. The number of carbonyl (C=O) groups excluding carboxylic acids is 2. The van der Waals surface area contributed by atoms with Crippen molar-refractivity contribution >= 4 is 28.3 Å². The molecule has 0 aliphatic heterocycles. The van der Waals surface area contributed by atoms with Gasteiger partial charge >= 0.3 is 0 Å². The summed E-state index contributed by atoms with van der Waals surface area (Å²) in [6, 6.07) is 7.12. The summed E-state index contributed by atoms with van der Waals surface area (Å²) in [4.78, 5) is 27.0. The average Bonchev–Trinajstić information content (AvgIpc) is 3.44. The zero-order valence-corrected chi connectivity index (χ0v) is 18.8. The molecule has 0 aliphatic rings. The lowest BCUT2D eigenvalue weighted by Gasteiger charge is -2.06. The fourth-order valence-corrected chi connectivity index (χ4v) is 2.95. The van der Waals surface area contributed by atoms with Crippen LogP contribution in [0.15, 0.2) is 30.5 Å². The molecule has 2 N–H and O–H groups in total. The van der Waals surface area contributed by atoms with Crippen LogP contribution in [0, 0.1) is 0 Å². The lowest BCUT2D eigenvalue weighted by Crippen LogP contribution is -2.13. The van der Waals surface area contributed by atoms with Gasteiger partial charge in [0, 0.05) is 30.6 Å². The second-order valence-electron chi connectivity index (χ2n) is 7.19. The van der Waals surface area contributed by atoms with Gasteiger partial charge in [0.15, 0.2) is 11.5 Å². The predicted octanol–water partition coefficient (Wildman–Crippen LogP) is 1.91. The number of aromatic amines is 1. The SMILES string of the molecule is COCCOCCOCCOCCn1cc(C(=O)Nc2ccc3[nH]c(C(C)=O)cc3c2)nn1. The van der Waals surface area contributed by atoms with Crippen LogP contribution in [-0.4, -0.2) is 85.0 Å². The normalized spacial score (nSPS) is 11.2. The Labute approximate surface area is 191 Å². The summed E-state index contributed by atoms with van der Waals surface area (Å²) in [5.41, 5.74) is 2.15. The van der Waals surface area contributed by atoms with E-state index in [0.717, 1.165) is 10.9 Å². The molecule has 0 saturated carbocycles. The number of benzene rings is 1. The van der Waals surface area contributed by atoms with Gasteiger partial charge in [-0.25, -0.2) is 4.68 Å². The molecular weight excluding hydrogens is 430 g/mol. The molecule has 11 heteroatoms. The number of fused-ring (bicyclic) bond motifs is 1. The number of rotatable bonds is 15. The molecule has 2 heterocycles. The maximum atomic E-state index is 12.5. The highest BCUT2D eigenvalue weighted by Crippen LogP contribution is 2.20. The summed E-state index contributed by atoms with van der Waals surface area (Å²) in [5, 5.41) is 11.5. The summed E-state index contributed by atoms with van der Waals surface area (Å²) in [7, 11) is 1.63. The van der Waals surface area contributed by atoms with Crippen LogP contribution in [0.1, 0.15) is 27.9 Å². The molecule has 11 nitrogen and oxygen atoms in total. The molecule has 178 valence electrons. The molecule has 0 aliphatic carbocycles. The lowest BCUT2D eigenvalue weighted by molar-refractivity contribution is 0.00244. The zero-order chi connectivity index (χ0) is 23.5. The van der Waals surface area contributed by atoms with Crippen molar-refractivity contribution in [2.75, 3.05) is 58.7 Å². The number of aromatic nitrogens is 4. The largest absolute Gasteiger partial charge is 0.382 e. The molecule has 2 aromatic heterocycles. The molecule has 33 heavy (non-hydrogen) atoms. The fraction of sp³-hybridized carbons (Fsp3) is 0.455. The van der Waals surface area contributed by atoms with Gasteiger partial charge in [-0.3, -0.25) is 9.59 Å². The molecular formula is C22H29N5O6. The lowest BCUT2D eigenvalue weighted by atomic mass is 10.2. The third kappa shape index (κ3) is 7.75. The first-order chi connectivity index (χ1) is 16.1. The predicted molar refractivity (Wildman–Crippen MR) is 121 cm³/mol. The van der Waals surface area contributed by atoms with E-state index in [0.29, 0.717) is 64.2 Å². The van der Waals surface area contributed by atoms with Gasteiger partial charge in [0.1, 0.15) is 0 Å². The van der Waals surface area contributed by atoms with E-state index in [4.69, 9.17) is 18.9 Å². The van der Waals surface area contributed by atoms with Gasteiger partial charge in [0.2, 0.25) is 0 Å². The molecule has 0 spiro atoms. The van der Waals surface area contributed by atoms with Gasteiger partial charge in [0.25, 0.3) is 5.91 Å². The second kappa shape index (κ2) is 12.8. The Balaban J connectivity index is 1.35. The third-order valence-corrected chi connectivity index (χ3v) is 4.67. The van der Waals surface area contributed by atoms with Crippen molar-refractivity contribution in [1.29, 1.82) is 0 Å². The number of nitrogens with one attached hydrogen (secondary N) is 2. The van der Waals surface area contributed by atoms with Crippen molar-refractivity contribution in [2.24, 2.45) is 0 Å². The minimum atomic E-state index is -0.370. The van der Waals surface area contributed by atoms with Crippen LogP contribution >= 0.6 is 0 Å². The van der Waals surface area contributed by atoms with Crippen LogP contribution in [0.3, 0.4) is 0 Å². The Bertz CT molecular complexity index is 1050. The molecule has 1 amide bonds. The number of Topliss-reactive ketones (excluding diaryl/α,β-unsaturated/α-hetero) is 1. The summed E-state index contributed by atoms with van der Waals surface area (Å²) >= 11 is 0. The molecule has 3 aromatic rings. The monoisotopic (exact) mass is 459 g/mol. The summed E-state index contributed by atoms with van der Waals surface area (Å²) in [6.45, 7) is 5.45. The first-order valence-electron chi connectivity index (χ1n) is 10.6. The van der Waals surface area contributed by atoms with Gasteiger partial charge < -0.3 is 29.2 Å². The highest BCUT2D eigenvalue weighted by atomic mass is 16.6. The van der Waals surface area contributed by atoms with E-state index >= 15 is 0 Å². The molecule has 0 radical (unpaired) electrons. The molecule has 0 bridgehead atoms. The number of anilines is 1. The number of methoxy groups -OCH3 is 1. The number of ketones is 1. The van der Waals surface area contributed by atoms with Crippen LogP contribution in [0.2, 0.25) is 0 Å². The summed E-state index contributed by atoms with van der Waals surface area (Å²) < 4.78 is 22.6. The van der Waals surface area contributed by atoms with Crippen molar-refractivity contribution in [3.05, 3.63) is 41.9 Å². The van der Waals surface area contributed by atoms with Crippen molar-refractivity contribution in [2.45, 2.75) is 13.5 Å². The third-order valence-electron chi connectivity index (χ3n) is 4.67. The fourth-order valence-electron chi connectivity index (χ4n) is 2.95. The van der Waals surface area contributed by atoms with Gasteiger partial charge in [-0.15, -0.1) is 5.10 Å². The summed E-state index contributed by atoms with van der Waals surface area (Å²) in [6.07, 6.45) is 1.56. The molecule has 3 rings (SSSR count). The van der Waals surface area contributed by atoms with Crippen LogP contribution in [0.4, 0.5) is 5.69 Å². The smallest absolute Gasteiger partial charge is 0.277 e. The zero-order valence-electron chi connectivity index (χ0n) is 18.8. The molecule has 0 fully saturated rings. The van der Waals surface area contributed by atoms with Crippen LogP contribution < -0.4 is 5.32 Å². The first kappa shape index (κ1) is 24.5. The van der Waals surface area contributed by atoms with Crippen LogP contribution in [0.5, 0.6) is 0 Å². The molecule has 0 unspecified atom stereocenters. The minimum Gasteiger partial charge on any atom is -0.382 e. The van der Waals surface area contributed by atoms with Gasteiger partial charge in [-0.1, -0.05) is 5.21 Å². The van der Waals surface area contributed by atoms with Gasteiger partial charge in [-0.2, -0.15) is 0 Å². The van der Waals surface area contributed by atoms with E-state index in [1.54, 1.807) is 36.2 Å². The summed E-state index contributed by atoms with van der Waals surface area (Å²) in [5.74, 6) is -0.418. The van der Waals surface area contributed by atoms with Crippen molar-refractivity contribution in [1.82, 2.24) is 20.0 Å². The van der Waals surface area contributed by atoms with Crippen LogP contribution in [-0.2, 0) is 25.5 Å². The average molecular weight is 460 g/mol. The van der Waals surface area contributed by atoms with Crippen LogP contribution in [0.25, 0.3) is 10.9 Å². The highest BCUT2D eigenvalue weighted by molar-refractivity contribution is 6.04. The van der Waals surface area contributed by atoms with E-state index in [-0.39, 0.29) is 17.4 Å². The number of carbonyl (C=O) groups is 2. The number of hydrogen-bond donors (Lipinski definition) is 2. The van der Waals surface area contributed by atoms with E-state index < -0.39 is 0 Å². The molecule has 1 aromatic carbocycles. The van der Waals surface area contributed by atoms with Crippen molar-refractivity contribution in [3.63, 3.8) is 0 Å². The Morgan fingerprint density at radius 1 is 1.00 bits per heavy atom.